The molecule has 5 N–H and O–H groups in total. The number of hydrogen-bond acceptors (Lipinski definition) is 6. The van der Waals surface area contributed by atoms with Crippen LogP contribution in [0.5, 0.6) is 0 Å². The molecule has 0 aromatic heterocycles. The molecule has 1 unspecified atom stereocenters. The molecule has 0 bridgehead atoms. The van der Waals surface area contributed by atoms with Crippen molar-refractivity contribution in [2.24, 2.45) is 11.5 Å². The number of nitrogen functional groups attached to an aromatic ring is 1. The van der Waals surface area contributed by atoms with Gasteiger partial charge in [-0.25, -0.2) is 0 Å². The van der Waals surface area contributed by atoms with E-state index < -0.39 is 12.0 Å². The Balaban J connectivity index is 0.00000341. The molecule has 2 aromatic rings. The first-order chi connectivity index (χ1) is 14.3. The zero-order valence-electron chi connectivity index (χ0n) is 17.3. The maximum atomic E-state index is 13.1. The molecule has 8 nitrogen and oxygen atoms in total. The van der Waals surface area contributed by atoms with Gasteiger partial charge in [0.1, 0.15) is 17.6 Å². The molecule has 1 aliphatic rings. The third-order valence-electron chi connectivity index (χ3n) is 4.98. The van der Waals surface area contributed by atoms with Crippen LogP contribution < -0.4 is 16.4 Å². The molecule has 9 heteroatoms. The number of ether oxygens (including phenoxy) is 2. The third kappa shape index (κ3) is 5.04. The minimum absolute atomic E-state index is 0. The molecule has 0 spiro atoms. The molecule has 1 amide bonds. The molecule has 1 aliphatic heterocycles. The Morgan fingerprint density at radius 1 is 1.13 bits per heavy atom. The minimum atomic E-state index is -0.736. The zero-order valence-corrected chi connectivity index (χ0v) is 18.1. The lowest BCUT2D eigenvalue weighted by molar-refractivity contribution is -0.142. The van der Waals surface area contributed by atoms with E-state index in [0.29, 0.717) is 41.1 Å². The Morgan fingerprint density at radius 2 is 1.74 bits per heavy atom. The number of esters is 1. The number of carbonyl (C=O) groups excluding carboxylic acids is 2. The zero-order chi connectivity index (χ0) is 21.8. The molecule has 1 heterocycles. The third-order valence-corrected chi connectivity index (χ3v) is 4.98. The number of nitrogens with two attached hydrogens (primary N) is 2. The second-order valence-electron chi connectivity index (χ2n) is 6.88. The molecule has 31 heavy (non-hydrogen) atoms. The van der Waals surface area contributed by atoms with E-state index >= 15 is 0 Å². The average molecular weight is 445 g/mol. The Morgan fingerprint density at radius 3 is 2.26 bits per heavy atom. The van der Waals surface area contributed by atoms with Gasteiger partial charge in [0.05, 0.1) is 26.3 Å². The first-order valence-corrected chi connectivity index (χ1v) is 9.32. The number of amidine groups is 1. The van der Waals surface area contributed by atoms with E-state index in [-0.39, 0.29) is 24.1 Å². The highest BCUT2D eigenvalue weighted by molar-refractivity contribution is 6.29. The van der Waals surface area contributed by atoms with Gasteiger partial charge in [-0.15, -0.1) is 12.4 Å². The maximum absolute atomic E-state index is 13.1. The van der Waals surface area contributed by atoms with Crippen LogP contribution in [0.4, 0.5) is 5.69 Å². The fraction of sp³-hybridized carbons (Fsp3) is 0.227. The van der Waals surface area contributed by atoms with Crippen LogP contribution in [0.15, 0.2) is 54.3 Å². The quantitative estimate of drug-likeness (QED) is 0.339. The second kappa shape index (κ2) is 10.1. The Bertz CT molecular complexity index is 1000. The highest BCUT2D eigenvalue weighted by atomic mass is 35.5. The normalized spacial score (nSPS) is 14.2. The van der Waals surface area contributed by atoms with E-state index in [1.807, 2.05) is 24.3 Å². The number of halogens is 1. The highest BCUT2D eigenvalue weighted by Gasteiger charge is 2.33. The summed E-state index contributed by atoms with van der Waals surface area (Å²) >= 11 is 0. The summed E-state index contributed by atoms with van der Waals surface area (Å²) in [6.45, 7) is 0.306. The van der Waals surface area contributed by atoms with Gasteiger partial charge in [-0.2, -0.15) is 0 Å². The molecular formula is C22H25ClN4O4. The van der Waals surface area contributed by atoms with Crippen LogP contribution >= 0.6 is 12.4 Å². The summed E-state index contributed by atoms with van der Waals surface area (Å²) in [4.78, 5) is 26.2. The number of methoxy groups -OCH3 is 2. The van der Waals surface area contributed by atoms with E-state index in [0.717, 1.165) is 5.56 Å². The maximum Gasteiger partial charge on any atom is 0.322 e. The van der Waals surface area contributed by atoms with Crippen LogP contribution in [-0.4, -0.2) is 44.5 Å². The minimum Gasteiger partial charge on any atom is -0.498 e. The summed E-state index contributed by atoms with van der Waals surface area (Å²) in [5, 5.41) is 7.50. The first kappa shape index (κ1) is 23.9. The molecule has 0 saturated carbocycles. The fourth-order valence-corrected chi connectivity index (χ4v) is 3.33. The Labute approximate surface area is 186 Å². The second-order valence-corrected chi connectivity index (χ2v) is 6.88. The van der Waals surface area contributed by atoms with E-state index in [2.05, 4.69) is 4.74 Å². The van der Waals surface area contributed by atoms with Crippen molar-refractivity contribution < 1.29 is 19.1 Å². The predicted octanol–water partition coefficient (Wildman–Crippen LogP) is 1.84. The van der Waals surface area contributed by atoms with Crippen molar-refractivity contribution in [3.05, 3.63) is 71.0 Å². The number of amides is 1. The van der Waals surface area contributed by atoms with E-state index in [1.54, 1.807) is 29.2 Å². The van der Waals surface area contributed by atoms with Gasteiger partial charge < -0.3 is 25.8 Å². The smallest absolute Gasteiger partial charge is 0.322 e. The van der Waals surface area contributed by atoms with Gasteiger partial charge >= 0.3 is 5.97 Å². The lowest BCUT2D eigenvalue weighted by Crippen LogP contribution is -2.33. The van der Waals surface area contributed by atoms with Crippen LogP contribution in [0.2, 0.25) is 0 Å². The summed E-state index contributed by atoms with van der Waals surface area (Å²) in [5.41, 5.74) is 14.6. The van der Waals surface area contributed by atoms with Gasteiger partial charge in [-0.05, 0) is 29.7 Å². The number of benzene rings is 2. The summed E-state index contributed by atoms with van der Waals surface area (Å²) in [6, 6.07) is 13.5. The molecule has 0 saturated heterocycles. The van der Waals surface area contributed by atoms with Gasteiger partial charge in [-0.1, -0.05) is 36.4 Å². The van der Waals surface area contributed by atoms with Gasteiger partial charge in [0, 0.05) is 11.3 Å². The highest BCUT2D eigenvalue weighted by Crippen LogP contribution is 2.32. The summed E-state index contributed by atoms with van der Waals surface area (Å²) in [6.07, 6.45) is 0.343. The average Bonchev–Trinajstić information content (AvgIpc) is 3.09. The lowest BCUT2D eigenvalue weighted by atomic mass is 10.0. The Hall–Kier alpha value is -3.36. The van der Waals surface area contributed by atoms with Crippen molar-refractivity contribution in [3.8, 4) is 0 Å². The number of nitrogens with zero attached hydrogens (tertiary/aromatic N) is 1. The van der Waals surface area contributed by atoms with Crippen molar-refractivity contribution in [2.45, 2.75) is 12.5 Å². The topological polar surface area (TPSA) is 132 Å². The van der Waals surface area contributed by atoms with Crippen molar-refractivity contribution in [1.82, 2.24) is 0 Å². The van der Waals surface area contributed by atoms with Crippen molar-refractivity contribution in [1.29, 1.82) is 5.41 Å². The van der Waals surface area contributed by atoms with Crippen LogP contribution in [0.1, 0.15) is 16.7 Å². The standard InChI is InChI=1S/C22H24N4O4.ClH/c1-29-18-12-26(16-9-3-13(4-10-16)11-17(23)22(28)30-2)21(27)19(18)14-5-7-15(8-6-14)20(24)25;/h3-10,17H,11-12,23H2,1-2H3,(H3,24,25);1H. The van der Waals surface area contributed by atoms with E-state index in [9.17, 15) is 9.59 Å². The fourth-order valence-electron chi connectivity index (χ4n) is 3.33. The van der Waals surface area contributed by atoms with Crippen molar-refractivity contribution >= 4 is 41.4 Å². The molecule has 1 atom stereocenters. The molecule has 0 radical (unpaired) electrons. The van der Waals surface area contributed by atoms with Crippen LogP contribution in [0.3, 0.4) is 0 Å². The van der Waals surface area contributed by atoms with Crippen molar-refractivity contribution in [2.75, 3.05) is 25.7 Å². The largest absolute Gasteiger partial charge is 0.498 e. The number of nitrogens with one attached hydrogen (secondary N) is 1. The van der Waals surface area contributed by atoms with Gasteiger partial charge in [-0.3, -0.25) is 15.0 Å². The molecule has 0 aliphatic carbocycles. The summed E-state index contributed by atoms with van der Waals surface area (Å²) in [5.74, 6) is -0.120. The van der Waals surface area contributed by atoms with Gasteiger partial charge in [0.15, 0.2) is 0 Å². The summed E-state index contributed by atoms with van der Waals surface area (Å²) in [7, 11) is 2.84. The SMILES string of the molecule is COC(=O)C(N)Cc1ccc(N2CC(OC)=C(c3ccc(C(=N)N)cc3)C2=O)cc1.Cl. The van der Waals surface area contributed by atoms with E-state index in [4.69, 9.17) is 21.6 Å². The van der Waals surface area contributed by atoms with Crippen LogP contribution in [0, 0.1) is 5.41 Å². The summed E-state index contributed by atoms with van der Waals surface area (Å²) < 4.78 is 10.1. The molecule has 0 fully saturated rings. The predicted molar refractivity (Wildman–Crippen MR) is 121 cm³/mol. The van der Waals surface area contributed by atoms with E-state index in [1.165, 1.54) is 14.2 Å². The van der Waals surface area contributed by atoms with Gasteiger partial charge in [0.2, 0.25) is 0 Å². The molecule has 2 aromatic carbocycles. The number of anilines is 1. The number of rotatable bonds is 7. The molecule has 3 rings (SSSR count). The first-order valence-electron chi connectivity index (χ1n) is 9.32. The Kier molecular flexibility index (Phi) is 7.79. The monoisotopic (exact) mass is 444 g/mol. The van der Waals surface area contributed by atoms with Crippen LogP contribution in [0.25, 0.3) is 5.57 Å². The van der Waals surface area contributed by atoms with Crippen LogP contribution in [-0.2, 0) is 25.5 Å². The van der Waals surface area contributed by atoms with Gasteiger partial charge in [0.25, 0.3) is 5.91 Å². The number of carbonyl (C=O) groups is 2. The number of hydrogen-bond donors (Lipinski definition) is 3. The lowest BCUT2D eigenvalue weighted by Gasteiger charge is -2.17. The molecule has 164 valence electrons. The van der Waals surface area contributed by atoms with Crippen molar-refractivity contribution in [3.63, 3.8) is 0 Å². The molecular weight excluding hydrogens is 420 g/mol.